The lowest BCUT2D eigenvalue weighted by atomic mass is 9.46. The second kappa shape index (κ2) is 12.5. The molecule has 0 radical (unpaired) electrons. The van der Waals surface area contributed by atoms with Crippen LogP contribution in [-0.4, -0.2) is 53.9 Å². The topological polar surface area (TPSA) is 91.3 Å². The third kappa shape index (κ3) is 6.44. The quantitative estimate of drug-likeness (QED) is 0.216. The Morgan fingerprint density at radius 3 is 2.49 bits per heavy atom. The minimum atomic E-state index is -0.714. The first-order chi connectivity index (χ1) is 20.2. The SMILES string of the molecule is CC(=O)O[C@@H]1CC2=CC[C@H]3[C@@H]4CC[C@H]([C@H](C)[C@H](O)C#CC(C)(C)OC5CCCCO5)[C@@]4(C)CC[C@@H]3[C@@]2(C)[C@@H](OC(C)=O)C1. The lowest BCUT2D eigenvalue weighted by Gasteiger charge is -2.60. The van der Waals surface area contributed by atoms with Crippen molar-refractivity contribution in [2.24, 2.45) is 40.4 Å². The lowest BCUT2D eigenvalue weighted by Crippen LogP contribution is -2.57. The zero-order chi connectivity index (χ0) is 31.2. The Balaban J connectivity index is 1.31. The summed E-state index contributed by atoms with van der Waals surface area (Å²) in [6, 6.07) is 0. The van der Waals surface area contributed by atoms with E-state index >= 15 is 0 Å². The molecular weight excluding hydrogens is 544 g/mol. The molecule has 1 aliphatic heterocycles. The average Bonchev–Trinajstić information content (AvgIpc) is 3.29. The highest BCUT2D eigenvalue weighted by Crippen LogP contribution is 2.67. The van der Waals surface area contributed by atoms with Gasteiger partial charge in [-0.3, -0.25) is 9.59 Å². The fraction of sp³-hybridized carbons (Fsp3) is 0.833. The van der Waals surface area contributed by atoms with Gasteiger partial charge in [-0.05, 0) is 100 Å². The molecule has 0 amide bonds. The molecule has 5 aliphatic rings. The molecule has 0 aromatic heterocycles. The fourth-order valence-electron chi connectivity index (χ4n) is 10.0. The van der Waals surface area contributed by atoms with Crippen molar-refractivity contribution in [2.75, 3.05) is 6.61 Å². The second-order valence-corrected chi connectivity index (χ2v) is 15.1. The van der Waals surface area contributed by atoms with Crippen LogP contribution in [0.25, 0.3) is 0 Å². The van der Waals surface area contributed by atoms with E-state index in [1.54, 1.807) is 0 Å². The molecule has 11 atom stereocenters. The molecule has 0 bridgehead atoms. The van der Waals surface area contributed by atoms with Gasteiger partial charge in [-0.25, -0.2) is 0 Å². The normalized spacial score (nSPS) is 40.4. The number of carbonyl (C=O) groups excluding carboxylic acids is 2. The number of aliphatic hydroxyl groups is 1. The molecule has 7 heteroatoms. The first-order valence-electron chi connectivity index (χ1n) is 16.8. The fourth-order valence-corrected chi connectivity index (χ4v) is 10.0. The molecule has 0 aromatic rings. The van der Waals surface area contributed by atoms with E-state index in [-0.39, 0.29) is 47.2 Å². The van der Waals surface area contributed by atoms with Crippen LogP contribution in [0.2, 0.25) is 0 Å². The molecule has 43 heavy (non-hydrogen) atoms. The number of aliphatic hydroxyl groups excluding tert-OH is 1. The molecule has 1 unspecified atom stereocenters. The van der Waals surface area contributed by atoms with Gasteiger partial charge < -0.3 is 24.1 Å². The van der Waals surface area contributed by atoms with Crippen molar-refractivity contribution < 1.29 is 33.6 Å². The van der Waals surface area contributed by atoms with Gasteiger partial charge in [0.1, 0.15) is 23.9 Å². The highest BCUT2D eigenvalue weighted by atomic mass is 16.7. The van der Waals surface area contributed by atoms with Gasteiger partial charge in [0.15, 0.2) is 6.29 Å². The van der Waals surface area contributed by atoms with Crippen LogP contribution in [0.5, 0.6) is 0 Å². The minimum Gasteiger partial charge on any atom is -0.462 e. The van der Waals surface area contributed by atoms with Crippen molar-refractivity contribution in [2.45, 2.75) is 143 Å². The standard InChI is InChI=1S/C36H54O7/c1-22(31(39)16-17-34(4,5)43-33-10-8-9-19-40-33)28-13-14-29-27-12-11-25-20-26(41-23(2)37)21-32(42-24(3)38)36(25,7)30(27)15-18-35(28,29)6/h11,22,26-33,39H,8-10,12-15,18-21H2,1-7H3/t22-,26+,27-,28+,29-,30-,31+,32-,33?,35+,36-/m0/s1. The molecule has 3 saturated carbocycles. The number of rotatable bonds is 6. The molecule has 0 spiro atoms. The van der Waals surface area contributed by atoms with E-state index in [1.165, 1.54) is 19.4 Å². The molecule has 4 aliphatic carbocycles. The first kappa shape index (κ1) is 32.5. The number of esters is 2. The Morgan fingerprint density at radius 2 is 1.81 bits per heavy atom. The van der Waals surface area contributed by atoms with Crippen molar-refractivity contribution in [1.82, 2.24) is 0 Å². The number of ether oxygens (including phenoxy) is 4. The Kier molecular flexibility index (Phi) is 9.44. The highest BCUT2D eigenvalue weighted by molar-refractivity contribution is 5.67. The maximum absolute atomic E-state index is 12.2. The number of fused-ring (bicyclic) bond motifs is 5. The van der Waals surface area contributed by atoms with Crippen molar-refractivity contribution in [3.8, 4) is 11.8 Å². The zero-order valence-electron chi connectivity index (χ0n) is 27.4. The van der Waals surface area contributed by atoms with Gasteiger partial charge in [0.25, 0.3) is 0 Å². The number of hydrogen-bond acceptors (Lipinski definition) is 7. The minimum absolute atomic E-state index is 0.0547. The molecule has 240 valence electrons. The van der Waals surface area contributed by atoms with Crippen LogP contribution in [0.1, 0.15) is 113 Å². The Hall–Kier alpha value is -1.88. The highest BCUT2D eigenvalue weighted by Gasteiger charge is 2.62. The average molecular weight is 599 g/mol. The molecular formula is C36H54O7. The molecule has 1 N–H and O–H groups in total. The van der Waals surface area contributed by atoms with Crippen LogP contribution in [-0.2, 0) is 28.5 Å². The van der Waals surface area contributed by atoms with Gasteiger partial charge in [0.2, 0.25) is 0 Å². The number of carbonyl (C=O) groups is 2. The summed E-state index contributed by atoms with van der Waals surface area (Å²) in [6.45, 7) is 14.5. The molecule has 5 rings (SSSR count). The smallest absolute Gasteiger partial charge is 0.302 e. The van der Waals surface area contributed by atoms with E-state index in [2.05, 4.69) is 38.7 Å². The Morgan fingerprint density at radius 1 is 1.07 bits per heavy atom. The van der Waals surface area contributed by atoms with E-state index in [9.17, 15) is 14.7 Å². The van der Waals surface area contributed by atoms with Crippen LogP contribution >= 0.6 is 0 Å². The monoisotopic (exact) mass is 598 g/mol. The summed E-state index contributed by atoms with van der Waals surface area (Å²) in [7, 11) is 0. The zero-order valence-corrected chi connectivity index (χ0v) is 27.4. The van der Waals surface area contributed by atoms with E-state index in [1.807, 2.05) is 13.8 Å². The van der Waals surface area contributed by atoms with Crippen LogP contribution in [0.15, 0.2) is 11.6 Å². The van der Waals surface area contributed by atoms with Crippen molar-refractivity contribution in [3.05, 3.63) is 11.6 Å². The number of hydrogen-bond donors (Lipinski definition) is 1. The van der Waals surface area contributed by atoms with Gasteiger partial charge >= 0.3 is 11.9 Å². The van der Waals surface area contributed by atoms with E-state index in [4.69, 9.17) is 18.9 Å². The Labute approximate surface area is 258 Å². The molecule has 4 fully saturated rings. The molecule has 0 aromatic carbocycles. The van der Waals surface area contributed by atoms with Crippen LogP contribution in [0, 0.1) is 52.3 Å². The van der Waals surface area contributed by atoms with Gasteiger partial charge in [-0.1, -0.05) is 44.3 Å². The summed E-state index contributed by atoms with van der Waals surface area (Å²) >= 11 is 0. The molecule has 7 nitrogen and oxygen atoms in total. The first-order valence-corrected chi connectivity index (χ1v) is 16.8. The summed E-state index contributed by atoms with van der Waals surface area (Å²) in [4.78, 5) is 24.0. The largest absolute Gasteiger partial charge is 0.462 e. The van der Waals surface area contributed by atoms with Crippen molar-refractivity contribution in [3.63, 3.8) is 0 Å². The van der Waals surface area contributed by atoms with E-state index in [0.29, 0.717) is 30.1 Å². The van der Waals surface area contributed by atoms with Gasteiger partial charge in [-0.2, -0.15) is 0 Å². The van der Waals surface area contributed by atoms with E-state index < -0.39 is 11.7 Å². The Bertz CT molecular complexity index is 1140. The van der Waals surface area contributed by atoms with Gasteiger partial charge in [0.05, 0.1) is 0 Å². The van der Waals surface area contributed by atoms with Crippen LogP contribution < -0.4 is 0 Å². The van der Waals surface area contributed by atoms with Crippen molar-refractivity contribution in [1.29, 1.82) is 0 Å². The summed E-state index contributed by atoms with van der Waals surface area (Å²) < 4.78 is 23.5. The van der Waals surface area contributed by atoms with Gasteiger partial charge in [-0.15, -0.1) is 0 Å². The van der Waals surface area contributed by atoms with Gasteiger partial charge in [0, 0.05) is 38.7 Å². The molecule has 1 heterocycles. The summed E-state index contributed by atoms with van der Waals surface area (Å²) in [5.74, 6) is 7.73. The predicted octanol–water partition coefficient (Wildman–Crippen LogP) is 6.36. The summed E-state index contributed by atoms with van der Waals surface area (Å²) in [5, 5.41) is 11.3. The van der Waals surface area contributed by atoms with Crippen molar-refractivity contribution >= 4 is 11.9 Å². The predicted molar refractivity (Wildman–Crippen MR) is 163 cm³/mol. The third-order valence-corrected chi connectivity index (χ3v) is 12.1. The van der Waals surface area contributed by atoms with Crippen LogP contribution in [0.3, 0.4) is 0 Å². The maximum Gasteiger partial charge on any atom is 0.302 e. The third-order valence-electron chi connectivity index (χ3n) is 12.1. The molecule has 1 saturated heterocycles. The lowest BCUT2D eigenvalue weighted by molar-refractivity contribution is -0.199. The number of allylic oxidation sites excluding steroid dienone is 1. The maximum atomic E-state index is 12.2. The second-order valence-electron chi connectivity index (χ2n) is 15.1. The van der Waals surface area contributed by atoms with Crippen LogP contribution in [0.4, 0.5) is 0 Å². The summed E-state index contributed by atoms with van der Waals surface area (Å²) in [5.41, 5.74) is 0.476. The summed E-state index contributed by atoms with van der Waals surface area (Å²) in [6.07, 6.45) is 10.6. The van der Waals surface area contributed by atoms with E-state index in [0.717, 1.165) is 64.4 Å².